The predicted octanol–water partition coefficient (Wildman–Crippen LogP) is 1.75. The highest BCUT2D eigenvalue weighted by Gasteiger charge is 2.09. The lowest BCUT2D eigenvalue weighted by atomic mass is 10.0. The fourth-order valence-electron chi connectivity index (χ4n) is 1.78. The van der Waals surface area contributed by atoms with E-state index in [1.54, 1.807) is 12.1 Å². The summed E-state index contributed by atoms with van der Waals surface area (Å²) in [6.07, 6.45) is 0.689. The van der Waals surface area contributed by atoms with Crippen LogP contribution in [0.1, 0.15) is 5.56 Å². The van der Waals surface area contributed by atoms with E-state index < -0.39 is 0 Å². The Morgan fingerprint density at radius 2 is 1.73 bits per heavy atom. The largest absolute Gasteiger partial charge is 0.504 e. The zero-order valence-corrected chi connectivity index (χ0v) is 8.27. The summed E-state index contributed by atoms with van der Waals surface area (Å²) in [5.41, 5.74) is 6.46. The van der Waals surface area contributed by atoms with Crippen LogP contribution in [0, 0.1) is 0 Å². The van der Waals surface area contributed by atoms with Crippen molar-refractivity contribution in [1.82, 2.24) is 0 Å². The summed E-state index contributed by atoms with van der Waals surface area (Å²) in [6.45, 7) is 0.522. The Labute approximate surface area is 87.8 Å². The van der Waals surface area contributed by atoms with E-state index in [9.17, 15) is 10.2 Å². The highest BCUT2D eigenvalue weighted by molar-refractivity contribution is 5.93. The number of phenols is 2. The van der Waals surface area contributed by atoms with Gasteiger partial charge in [-0.2, -0.15) is 0 Å². The summed E-state index contributed by atoms with van der Waals surface area (Å²) in [6, 6.07) is 9.00. The first-order chi connectivity index (χ1) is 7.24. The fraction of sp³-hybridized carbons (Fsp3) is 0.167. The minimum atomic E-state index is -0.0860. The Bertz CT molecular complexity index is 494. The van der Waals surface area contributed by atoms with Gasteiger partial charge >= 0.3 is 0 Å². The average Bonchev–Trinajstić information content (AvgIpc) is 2.26. The van der Waals surface area contributed by atoms with Gasteiger partial charge in [0.15, 0.2) is 11.5 Å². The smallest absolute Gasteiger partial charge is 0.165 e. The SMILES string of the molecule is NCCc1cc(O)c(O)c2ccccc12. The van der Waals surface area contributed by atoms with Gasteiger partial charge in [0.1, 0.15) is 0 Å². The molecule has 0 fully saturated rings. The van der Waals surface area contributed by atoms with Crippen LogP contribution in [0.2, 0.25) is 0 Å². The fourth-order valence-corrected chi connectivity index (χ4v) is 1.78. The maximum absolute atomic E-state index is 9.67. The van der Waals surface area contributed by atoms with Crippen LogP contribution in [0.25, 0.3) is 10.8 Å². The highest BCUT2D eigenvalue weighted by Crippen LogP contribution is 2.35. The summed E-state index contributed by atoms with van der Waals surface area (Å²) in [4.78, 5) is 0. The Morgan fingerprint density at radius 1 is 1.07 bits per heavy atom. The van der Waals surface area contributed by atoms with Crippen molar-refractivity contribution in [2.75, 3.05) is 6.54 Å². The molecule has 0 aromatic heterocycles. The maximum atomic E-state index is 9.67. The van der Waals surface area contributed by atoms with Crippen molar-refractivity contribution in [2.45, 2.75) is 6.42 Å². The molecule has 0 heterocycles. The number of nitrogens with two attached hydrogens (primary N) is 1. The molecule has 0 saturated carbocycles. The van der Waals surface area contributed by atoms with E-state index in [-0.39, 0.29) is 11.5 Å². The van der Waals surface area contributed by atoms with Crippen LogP contribution in [0.4, 0.5) is 0 Å². The zero-order chi connectivity index (χ0) is 10.8. The lowest BCUT2D eigenvalue weighted by molar-refractivity contribution is 0.407. The van der Waals surface area contributed by atoms with Crippen LogP contribution < -0.4 is 5.73 Å². The number of fused-ring (bicyclic) bond motifs is 1. The lowest BCUT2D eigenvalue weighted by Gasteiger charge is -2.08. The minimum absolute atomic E-state index is 0.0635. The maximum Gasteiger partial charge on any atom is 0.165 e. The molecule has 0 aliphatic heterocycles. The summed E-state index contributed by atoms with van der Waals surface area (Å²) in [5, 5.41) is 20.8. The number of benzene rings is 2. The van der Waals surface area contributed by atoms with E-state index in [1.807, 2.05) is 18.2 Å². The van der Waals surface area contributed by atoms with Gasteiger partial charge in [-0.1, -0.05) is 24.3 Å². The van der Waals surface area contributed by atoms with Crippen molar-refractivity contribution in [3.63, 3.8) is 0 Å². The molecule has 0 amide bonds. The second-order valence-electron chi connectivity index (χ2n) is 3.49. The van der Waals surface area contributed by atoms with Gasteiger partial charge in [-0.05, 0) is 30.0 Å². The Kier molecular flexibility index (Phi) is 2.47. The molecule has 2 aromatic carbocycles. The van der Waals surface area contributed by atoms with Crippen LogP contribution in [0.3, 0.4) is 0 Å². The van der Waals surface area contributed by atoms with E-state index in [0.29, 0.717) is 18.4 Å². The molecule has 78 valence electrons. The quantitative estimate of drug-likeness (QED) is 0.651. The summed E-state index contributed by atoms with van der Waals surface area (Å²) >= 11 is 0. The topological polar surface area (TPSA) is 66.5 Å². The van der Waals surface area contributed by atoms with Gasteiger partial charge in [0.05, 0.1) is 0 Å². The molecular weight excluding hydrogens is 190 g/mol. The average molecular weight is 203 g/mol. The molecule has 0 spiro atoms. The first-order valence-corrected chi connectivity index (χ1v) is 4.86. The van der Waals surface area contributed by atoms with E-state index >= 15 is 0 Å². The van der Waals surface area contributed by atoms with Gasteiger partial charge in [0.25, 0.3) is 0 Å². The van der Waals surface area contributed by atoms with Crippen molar-refractivity contribution >= 4 is 10.8 Å². The summed E-state index contributed by atoms with van der Waals surface area (Å²) in [7, 11) is 0. The molecule has 2 rings (SSSR count). The second kappa shape index (κ2) is 3.79. The normalized spacial score (nSPS) is 10.7. The van der Waals surface area contributed by atoms with Crippen LogP contribution >= 0.6 is 0 Å². The number of hydrogen-bond acceptors (Lipinski definition) is 3. The third-order valence-corrected chi connectivity index (χ3v) is 2.50. The summed E-state index contributed by atoms with van der Waals surface area (Å²) in [5.74, 6) is -0.150. The molecule has 4 N–H and O–H groups in total. The zero-order valence-electron chi connectivity index (χ0n) is 8.27. The molecular formula is C12H13NO2. The van der Waals surface area contributed by atoms with E-state index in [4.69, 9.17) is 5.73 Å². The monoisotopic (exact) mass is 203 g/mol. The number of aromatic hydroxyl groups is 2. The second-order valence-corrected chi connectivity index (χ2v) is 3.49. The van der Waals surface area contributed by atoms with Gasteiger partial charge in [-0.15, -0.1) is 0 Å². The first-order valence-electron chi connectivity index (χ1n) is 4.86. The molecule has 2 aromatic rings. The van der Waals surface area contributed by atoms with Crippen LogP contribution in [0.15, 0.2) is 30.3 Å². The van der Waals surface area contributed by atoms with Crippen molar-refractivity contribution in [3.05, 3.63) is 35.9 Å². The molecule has 0 atom stereocenters. The van der Waals surface area contributed by atoms with E-state index in [0.717, 1.165) is 10.9 Å². The molecule has 15 heavy (non-hydrogen) atoms. The third kappa shape index (κ3) is 1.62. The van der Waals surface area contributed by atoms with Crippen LogP contribution in [-0.2, 0) is 6.42 Å². The van der Waals surface area contributed by atoms with Crippen molar-refractivity contribution in [1.29, 1.82) is 0 Å². The Morgan fingerprint density at radius 3 is 2.40 bits per heavy atom. The molecule has 0 radical (unpaired) electrons. The van der Waals surface area contributed by atoms with Gasteiger partial charge in [0.2, 0.25) is 0 Å². The predicted molar refractivity (Wildman–Crippen MR) is 60.0 cm³/mol. The van der Waals surface area contributed by atoms with Crippen molar-refractivity contribution in [2.24, 2.45) is 5.73 Å². The van der Waals surface area contributed by atoms with Gasteiger partial charge in [-0.25, -0.2) is 0 Å². The summed E-state index contributed by atoms with van der Waals surface area (Å²) < 4.78 is 0. The lowest BCUT2D eigenvalue weighted by Crippen LogP contribution is -2.03. The van der Waals surface area contributed by atoms with Gasteiger partial charge < -0.3 is 15.9 Å². The number of rotatable bonds is 2. The third-order valence-electron chi connectivity index (χ3n) is 2.50. The van der Waals surface area contributed by atoms with Crippen LogP contribution in [0.5, 0.6) is 11.5 Å². The molecule has 0 aliphatic carbocycles. The van der Waals surface area contributed by atoms with E-state index in [2.05, 4.69) is 0 Å². The Balaban J connectivity index is 2.76. The molecule has 0 saturated heterocycles. The number of phenolic OH excluding ortho intramolecular Hbond substituents is 2. The minimum Gasteiger partial charge on any atom is -0.504 e. The Hall–Kier alpha value is -1.74. The number of hydrogen-bond donors (Lipinski definition) is 3. The molecule has 3 nitrogen and oxygen atoms in total. The van der Waals surface area contributed by atoms with Crippen molar-refractivity contribution in [3.8, 4) is 11.5 Å². The molecule has 0 bridgehead atoms. The molecule has 3 heteroatoms. The standard InChI is InChI=1S/C12H13NO2/c13-6-5-8-7-11(14)12(15)10-4-2-1-3-9(8)10/h1-4,7,14-15H,5-6,13H2. The highest BCUT2D eigenvalue weighted by atomic mass is 16.3. The van der Waals surface area contributed by atoms with Crippen LogP contribution in [-0.4, -0.2) is 16.8 Å². The van der Waals surface area contributed by atoms with E-state index in [1.165, 1.54) is 0 Å². The van der Waals surface area contributed by atoms with Gasteiger partial charge in [-0.3, -0.25) is 0 Å². The molecule has 0 unspecified atom stereocenters. The van der Waals surface area contributed by atoms with Gasteiger partial charge in [0, 0.05) is 5.39 Å². The van der Waals surface area contributed by atoms with Crippen molar-refractivity contribution < 1.29 is 10.2 Å². The molecule has 0 aliphatic rings. The first kappa shape index (κ1) is 9.80.